The van der Waals surface area contributed by atoms with Crippen molar-refractivity contribution in [1.29, 1.82) is 0 Å². The molecule has 0 N–H and O–H groups in total. The third-order valence-electron chi connectivity index (χ3n) is 10.4. The van der Waals surface area contributed by atoms with Gasteiger partial charge in [0.2, 0.25) is 11.4 Å². The van der Waals surface area contributed by atoms with E-state index in [4.69, 9.17) is 4.84 Å². The summed E-state index contributed by atoms with van der Waals surface area (Å²) in [5, 5.41) is 8.56. The van der Waals surface area contributed by atoms with Crippen LogP contribution < -0.4 is 9.66 Å². The molecular weight excluding hydrogens is 522 g/mol. The van der Waals surface area contributed by atoms with Gasteiger partial charge in [0.25, 0.3) is 0 Å². The molecule has 7 nitrogen and oxygen atoms in total. The van der Waals surface area contributed by atoms with Gasteiger partial charge in [0.1, 0.15) is 0 Å². The number of piperazine rings is 1. The van der Waals surface area contributed by atoms with Crippen LogP contribution in [0.4, 0.5) is 22.7 Å². The lowest BCUT2D eigenvalue weighted by Gasteiger charge is -2.44. The summed E-state index contributed by atoms with van der Waals surface area (Å²) in [4.78, 5) is 22.2. The maximum absolute atomic E-state index is 11.4. The van der Waals surface area contributed by atoms with E-state index in [1.165, 1.54) is 76.6 Å². The van der Waals surface area contributed by atoms with Crippen LogP contribution in [0, 0.1) is 11.8 Å². The molecule has 1 unspecified atom stereocenters. The van der Waals surface area contributed by atoms with Gasteiger partial charge in [-0.2, -0.15) is 0 Å². The van der Waals surface area contributed by atoms with E-state index in [-0.39, 0.29) is 0 Å². The molecule has 0 radical (unpaired) electrons. The van der Waals surface area contributed by atoms with E-state index >= 15 is 0 Å². The first-order valence-electron chi connectivity index (χ1n) is 16.0. The van der Waals surface area contributed by atoms with E-state index < -0.39 is 4.76 Å². The molecule has 0 spiro atoms. The smallest absolute Gasteiger partial charge is 0.360 e. The van der Waals surface area contributed by atoms with Gasteiger partial charge in [-0.3, -0.25) is 4.90 Å². The first kappa shape index (κ1) is 27.3. The molecule has 3 fully saturated rings. The summed E-state index contributed by atoms with van der Waals surface area (Å²) in [5.41, 5.74) is 5.69. The monoisotopic (exact) mass is 564 g/mol. The van der Waals surface area contributed by atoms with Crippen molar-refractivity contribution in [1.82, 2.24) is 9.66 Å². The van der Waals surface area contributed by atoms with Crippen molar-refractivity contribution in [3.05, 3.63) is 72.8 Å². The second-order valence-corrected chi connectivity index (χ2v) is 12.5. The van der Waals surface area contributed by atoms with Crippen molar-refractivity contribution in [2.24, 2.45) is 22.2 Å². The summed E-state index contributed by atoms with van der Waals surface area (Å²) in [6, 6.07) is 25.3. The van der Waals surface area contributed by atoms with Gasteiger partial charge in [-0.15, -0.1) is 0 Å². The summed E-state index contributed by atoms with van der Waals surface area (Å²) in [5.74, 6) is 2.04. The summed E-state index contributed by atoms with van der Waals surface area (Å²) in [6.07, 6.45) is 13.1. The van der Waals surface area contributed by atoms with E-state index in [1.807, 2.05) is 36.4 Å². The van der Waals surface area contributed by atoms with E-state index in [0.717, 1.165) is 47.8 Å². The highest BCUT2D eigenvalue weighted by Crippen LogP contribution is 2.47. The number of hydrogen-bond acceptors (Lipinski definition) is 6. The first-order chi connectivity index (χ1) is 20.7. The van der Waals surface area contributed by atoms with Crippen LogP contribution in [0.25, 0.3) is 11.1 Å². The highest BCUT2D eigenvalue weighted by molar-refractivity contribution is 5.74. The predicted molar refractivity (Wildman–Crippen MR) is 168 cm³/mol. The topological polar surface area (TPSA) is 57.5 Å². The molecule has 218 valence electrons. The van der Waals surface area contributed by atoms with Gasteiger partial charge in [0.15, 0.2) is 5.69 Å². The van der Waals surface area contributed by atoms with Crippen molar-refractivity contribution in [3.63, 3.8) is 0 Å². The van der Waals surface area contributed by atoms with Crippen molar-refractivity contribution in [2.75, 3.05) is 31.1 Å². The maximum atomic E-state index is 11.4. The Bertz CT molecular complexity index is 1390. The zero-order valence-corrected chi connectivity index (χ0v) is 24.5. The molecule has 3 aromatic carbocycles. The van der Waals surface area contributed by atoms with Gasteiger partial charge in [-0.05, 0) is 79.0 Å². The van der Waals surface area contributed by atoms with Crippen LogP contribution in [-0.4, -0.2) is 43.6 Å². The molecule has 1 atom stereocenters. The van der Waals surface area contributed by atoms with E-state index in [9.17, 15) is 4.79 Å². The SMILES string of the molecule is O=CO[N+]1(c2ccc(-c3ccc(N4CCN(C5CCC(C6CCCCC6)CC5)CC4)cc3)cc2)N=Nc2ccccc21. The normalized spacial score (nSPS) is 26.6. The summed E-state index contributed by atoms with van der Waals surface area (Å²) >= 11 is 0. The molecule has 4 aliphatic rings. The highest BCUT2D eigenvalue weighted by atomic mass is 16.8. The van der Waals surface area contributed by atoms with Crippen molar-refractivity contribution >= 4 is 29.2 Å². The molecule has 0 aromatic heterocycles. The summed E-state index contributed by atoms with van der Waals surface area (Å²) in [7, 11) is 0. The minimum absolute atomic E-state index is 0.410. The lowest BCUT2D eigenvalue weighted by atomic mass is 9.72. The molecule has 3 aromatic rings. The number of carbonyl (C=O) groups is 1. The van der Waals surface area contributed by atoms with E-state index in [1.54, 1.807) is 0 Å². The van der Waals surface area contributed by atoms with Gasteiger partial charge in [0.05, 0.1) is 9.98 Å². The fourth-order valence-electron chi connectivity index (χ4n) is 7.97. The van der Waals surface area contributed by atoms with Crippen LogP contribution in [-0.2, 0) is 9.63 Å². The van der Waals surface area contributed by atoms with Crippen LogP contribution in [0.1, 0.15) is 57.8 Å². The second kappa shape index (κ2) is 12.0. The molecule has 2 heterocycles. The molecule has 42 heavy (non-hydrogen) atoms. The Morgan fingerprint density at radius 3 is 2.05 bits per heavy atom. The first-order valence-corrected chi connectivity index (χ1v) is 16.0. The molecule has 7 heteroatoms. The number of benzene rings is 3. The molecular formula is C35H42N5O2+. The van der Waals surface area contributed by atoms with Gasteiger partial charge < -0.3 is 4.90 Å². The Kier molecular flexibility index (Phi) is 7.78. The standard InChI is InChI=1S/C35H42N5O2/c41-26-42-40(35-9-5-4-8-34(35)36-37-40)33-20-14-30(15-21-33)29-12-18-32(19-13-29)39-24-22-38(23-25-39)31-16-10-28(11-17-31)27-6-2-1-3-7-27/h4-5,8-9,12-15,18-21,26-28,31H,1-3,6-7,10-11,16-17,22-25H2/q+1. The third-order valence-corrected chi connectivity index (χ3v) is 10.4. The number of nitrogens with zero attached hydrogens (tertiary/aromatic N) is 5. The number of hydrogen-bond donors (Lipinski definition) is 0. The lowest BCUT2D eigenvalue weighted by Crippen LogP contribution is -2.51. The number of fused-ring (bicyclic) bond motifs is 1. The number of carbonyl (C=O) groups excluding carboxylic acids is 1. The van der Waals surface area contributed by atoms with Gasteiger partial charge in [0, 0.05) is 56.1 Å². The minimum atomic E-state index is -0.410. The third kappa shape index (κ3) is 5.25. The zero-order valence-electron chi connectivity index (χ0n) is 24.5. The largest absolute Gasteiger partial charge is 0.369 e. The van der Waals surface area contributed by atoms with Crippen LogP contribution in [0.2, 0.25) is 0 Å². The minimum Gasteiger partial charge on any atom is -0.369 e. The lowest BCUT2D eigenvalue weighted by molar-refractivity contribution is -0.156. The predicted octanol–water partition coefficient (Wildman–Crippen LogP) is 8.35. The van der Waals surface area contributed by atoms with Crippen LogP contribution >= 0.6 is 0 Å². The molecule has 7 rings (SSSR count). The zero-order chi connectivity index (χ0) is 28.4. The molecule has 2 saturated carbocycles. The van der Waals surface area contributed by atoms with Crippen molar-refractivity contribution in [2.45, 2.75) is 63.8 Å². The maximum Gasteiger partial charge on any atom is 0.360 e. The quantitative estimate of drug-likeness (QED) is 0.214. The summed E-state index contributed by atoms with van der Waals surface area (Å²) in [6.45, 7) is 4.97. The van der Waals surface area contributed by atoms with Crippen LogP contribution in [0.3, 0.4) is 0 Å². The number of rotatable bonds is 7. The molecule has 0 bridgehead atoms. The van der Waals surface area contributed by atoms with Gasteiger partial charge >= 0.3 is 6.47 Å². The van der Waals surface area contributed by atoms with Crippen molar-refractivity contribution in [3.8, 4) is 11.1 Å². The Labute approximate surface area is 249 Å². The Hall–Kier alpha value is -3.55. The summed E-state index contributed by atoms with van der Waals surface area (Å²) < 4.78 is -0.410. The van der Waals surface area contributed by atoms with E-state index in [2.05, 4.69) is 56.5 Å². The average molecular weight is 565 g/mol. The number of para-hydroxylation sites is 1. The molecule has 0 amide bonds. The van der Waals surface area contributed by atoms with E-state index in [0.29, 0.717) is 17.8 Å². The Morgan fingerprint density at radius 2 is 1.36 bits per heavy atom. The van der Waals surface area contributed by atoms with Crippen molar-refractivity contribution < 1.29 is 9.63 Å². The molecule has 1 saturated heterocycles. The number of quaternary nitrogens is 1. The fourth-order valence-corrected chi connectivity index (χ4v) is 7.97. The highest BCUT2D eigenvalue weighted by Gasteiger charge is 2.45. The molecule has 2 aliphatic heterocycles. The fraction of sp³-hybridized carbons (Fsp3) is 0.457. The van der Waals surface area contributed by atoms with Gasteiger partial charge in [-0.25, -0.2) is 9.63 Å². The number of anilines is 1. The second-order valence-electron chi connectivity index (χ2n) is 12.5. The van der Waals surface area contributed by atoms with Crippen LogP contribution in [0.15, 0.2) is 83.1 Å². The Balaban J connectivity index is 0.955. The van der Waals surface area contributed by atoms with Gasteiger partial charge in [-0.1, -0.05) is 61.5 Å². The molecule has 2 aliphatic carbocycles. The Morgan fingerprint density at radius 1 is 0.714 bits per heavy atom. The van der Waals surface area contributed by atoms with Crippen LogP contribution in [0.5, 0.6) is 0 Å². The average Bonchev–Trinajstić information content (AvgIpc) is 3.45.